The zero-order valence-corrected chi connectivity index (χ0v) is 12.0. The van der Waals surface area contributed by atoms with Crippen molar-refractivity contribution in [1.82, 2.24) is 4.90 Å². The zero-order chi connectivity index (χ0) is 15.4. The van der Waals surface area contributed by atoms with Gasteiger partial charge in [0.15, 0.2) is 11.5 Å². The lowest BCUT2D eigenvalue weighted by Gasteiger charge is -2.14. The summed E-state index contributed by atoms with van der Waals surface area (Å²) >= 11 is 0. The van der Waals surface area contributed by atoms with E-state index in [1.807, 2.05) is 13.0 Å². The third-order valence-electron chi connectivity index (χ3n) is 3.43. The molecule has 110 valence electrons. The lowest BCUT2D eigenvalue weighted by Crippen LogP contribution is -2.27. The van der Waals surface area contributed by atoms with Gasteiger partial charge in [0.05, 0.1) is 24.7 Å². The lowest BCUT2D eigenvalue weighted by atomic mass is 10.1. The highest BCUT2D eigenvalue weighted by molar-refractivity contribution is 5.87. The Morgan fingerprint density at radius 2 is 2.24 bits per heavy atom. The van der Waals surface area contributed by atoms with Crippen LogP contribution in [0.4, 0.5) is 0 Å². The number of amides is 1. The van der Waals surface area contributed by atoms with Crippen molar-refractivity contribution < 1.29 is 19.1 Å². The number of benzene rings is 1. The Kier molecular flexibility index (Phi) is 4.43. The topological polar surface area (TPSA) is 79.6 Å². The molecular weight excluding hydrogens is 272 g/mol. The molecule has 0 spiro atoms. The first-order valence-corrected chi connectivity index (χ1v) is 6.66. The highest BCUT2D eigenvalue weighted by Gasteiger charge is 2.35. The zero-order valence-electron chi connectivity index (χ0n) is 12.0. The van der Waals surface area contributed by atoms with Crippen molar-refractivity contribution in [2.75, 3.05) is 20.2 Å². The van der Waals surface area contributed by atoms with Crippen molar-refractivity contribution in [2.45, 2.75) is 13.3 Å². The van der Waals surface area contributed by atoms with E-state index >= 15 is 0 Å². The molecule has 21 heavy (non-hydrogen) atoms. The van der Waals surface area contributed by atoms with Gasteiger partial charge in [0.25, 0.3) is 0 Å². The van der Waals surface area contributed by atoms with E-state index in [9.17, 15) is 9.59 Å². The number of methoxy groups -OCH3 is 1. The average Bonchev–Trinajstić information content (AvgIpc) is 2.88. The SMILES string of the molecule is CCN1CC(C(=O)Oc2ccc(C#N)cc2OC)CC1=O. The van der Waals surface area contributed by atoms with Crippen molar-refractivity contribution in [3.63, 3.8) is 0 Å². The van der Waals surface area contributed by atoms with Gasteiger partial charge in [-0.1, -0.05) is 0 Å². The van der Waals surface area contributed by atoms with Crippen LogP contribution in [0.1, 0.15) is 18.9 Å². The molecular formula is C15H16N2O4. The molecule has 2 rings (SSSR count). The fourth-order valence-corrected chi connectivity index (χ4v) is 2.25. The lowest BCUT2D eigenvalue weighted by molar-refractivity contribution is -0.139. The van der Waals surface area contributed by atoms with Crippen LogP contribution < -0.4 is 9.47 Å². The highest BCUT2D eigenvalue weighted by Crippen LogP contribution is 2.29. The molecule has 0 saturated carbocycles. The molecule has 1 heterocycles. The van der Waals surface area contributed by atoms with Gasteiger partial charge in [0.1, 0.15) is 0 Å². The summed E-state index contributed by atoms with van der Waals surface area (Å²) in [4.78, 5) is 25.4. The number of ether oxygens (including phenoxy) is 2. The van der Waals surface area contributed by atoms with Gasteiger partial charge < -0.3 is 14.4 Å². The van der Waals surface area contributed by atoms with Crippen LogP contribution in [0.25, 0.3) is 0 Å². The van der Waals surface area contributed by atoms with Gasteiger partial charge in [-0.3, -0.25) is 9.59 Å². The number of esters is 1. The third kappa shape index (κ3) is 3.14. The summed E-state index contributed by atoms with van der Waals surface area (Å²) in [6, 6.07) is 6.55. The molecule has 0 N–H and O–H groups in total. The maximum atomic E-state index is 12.1. The number of carbonyl (C=O) groups is 2. The van der Waals surface area contributed by atoms with E-state index in [0.29, 0.717) is 24.4 Å². The fourth-order valence-electron chi connectivity index (χ4n) is 2.25. The molecule has 1 aromatic rings. The van der Waals surface area contributed by atoms with Crippen LogP contribution in [0.2, 0.25) is 0 Å². The van der Waals surface area contributed by atoms with Gasteiger partial charge in [-0.15, -0.1) is 0 Å². The van der Waals surface area contributed by atoms with Crippen molar-refractivity contribution in [3.8, 4) is 17.6 Å². The van der Waals surface area contributed by atoms with E-state index < -0.39 is 11.9 Å². The second kappa shape index (κ2) is 6.27. The minimum Gasteiger partial charge on any atom is -0.493 e. The number of nitrogens with zero attached hydrogens (tertiary/aromatic N) is 2. The molecule has 1 aliphatic heterocycles. The van der Waals surface area contributed by atoms with Crippen LogP contribution in [0.3, 0.4) is 0 Å². The molecule has 0 bridgehead atoms. The quantitative estimate of drug-likeness (QED) is 0.617. The first kappa shape index (κ1) is 14.9. The maximum absolute atomic E-state index is 12.1. The van der Waals surface area contributed by atoms with Crippen LogP contribution >= 0.6 is 0 Å². The Labute approximate surface area is 122 Å². The standard InChI is InChI=1S/C15H16N2O4/c1-3-17-9-11(7-14(17)18)15(19)21-12-5-4-10(8-16)6-13(12)20-2/h4-6,11H,3,7,9H2,1-2H3. The molecule has 0 radical (unpaired) electrons. The molecule has 1 aromatic carbocycles. The number of hydrogen-bond donors (Lipinski definition) is 0. The van der Waals surface area contributed by atoms with Crippen LogP contribution in [0.5, 0.6) is 11.5 Å². The summed E-state index contributed by atoms with van der Waals surface area (Å²) < 4.78 is 10.4. The third-order valence-corrected chi connectivity index (χ3v) is 3.43. The summed E-state index contributed by atoms with van der Waals surface area (Å²) in [5, 5.41) is 8.83. The number of rotatable bonds is 4. The predicted octanol–water partition coefficient (Wildman–Crippen LogP) is 1.34. The molecule has 0 aliphatic carbocycles. The first-order chi connectivity index (χ1) is 10.1. The minimum atomic E-state index is -0.460. The second-order valence-corrected chi connectivity index (χ2v) is 4.73. The Hall–Kier alpha value is -2.55. The van der Waals surface area contributed by atoms with Crippen LogP contribution in [0.15, 0.2) is 18.2 Å². The highest BCUT2D eigenvalue weighted by atomic mass is 16.6. The minimum absolute atomic E-state index is 0.0359. The van der Waals surface area contributed by atoms with Gasteiger partial charge >= 0.3 is 5.97 Å². The number of carbonyl (C=O) groups excluding carboxylic acids is 2. The van der Waals surface area contributed by atoms with Gasteiger partial charge in [-0.25, -0.2) is 0 Å². The summed E-state index contributed by atoms with van der Waals surface area (Å²) in [5.41, 5.74) is 0.417. The van der Waals surface area contributed by atoms with Crippen molar-refractivity contribution >= 4 is 11.9 Å². The number of hydrogen-bond acceptors (Lipinski definition) is 5. The predicted molar refractivity (Wildman–Crippen MR) is 73.7 cm³/mol. The molecule has 1 aliphatic rings. The smallest absolute Gasteiger partial charge is 0.316 e. The molecule has 1 saturated heterocycles. The molecule has 6 nitrogen and oxygen atoms in total. The van der Waals surface area contributed by atoms with E-state index in [-0.39, 0.29) is 18.1 Å². The van der Waals surface area contributed by atoms with Crippen molar-refractivity contribution in [1.29, 1.82) is 5.26 Å². The van der Waals surface area contributed by atoms with Gasteiger partial charge in [-0.2, -0.15) is 5.26 Å². The summed E-state index contributed by atoms with van der Waals surface area (Å²) in [5.74, 6) is -0.380. The van der Waals surface area contributed by atoms with E-state index in [1.54, 1.807) is 11.0 Å². The Morgan fingerprint density at radius 3 is 2.81 bits per heavy atom. The Balaban J connectivity index is 2.10. The number of likely N-dealkylation sites (tertiary alicyclic amines) is 1. The monoisotopic (exact) mass is 288 g/mol. The summed E-state index contributed by atoms with van der Waals surface area (Å²) in [7, 11) is 1.44. The molecule has 1 unspecified atom stereocenters. The fraction of sp³-hybridized carbons (Fsp3) is 0.400. The molecule has 1 fully saturated rings. The van der Waals surface area contributed by atoms with E-state index in [4.69, 9.17) is 14.7 Å². The second-order valence-electron chi connectivity index (χ2n) is 4.73. The molecule has 1 amide bonds. The summed E-state index contributed by atoms with van der Waals surface area (Å²) in [6.45, 7) is 2.84. The average molecular weight is 288 g/mol. The van der Waals surface area contributed by atoms with Crippen LogP contribution in [-0.2, 0) is 9.59 Å². The molecule has 0 aromatic heterocycles. The molecule has 6 heteroatoms. The maximum Gasteiger partial charge on any atom is 0.316 e. The van der Waals surface area contributed by atoms with E-state index in [1.165, 1.54) is 19.2 Å². The summed E-state index contributed by atoms with van der Waals surface area (Å²) in [6.07, 6.45) is 0.172. The largest absolute Gasteiger partial charge is 0.493 e. The molecule has 1 atom stereocenters. The van der Waals surface area contributed by atoms with Crippen molar-refractivity contribution in [2.24, 2.45) is 5.92 Å². The van der Waals surface area contributed by atoms with E-state index in [2.05, 4.69) is 0 Å². The van der Waals surface area contributed by atoms with Gasteiger partial charge in [0, 0.05) is 25.6 Å². The van der Waals surface area contributed by atoms with E-state index in [0.717, 1.165) is 0 Å². The number of nitriles is 1. The Morgan fingerprint density at radius 1 is 1.48 bits per heavy atom. The van der Waals surface area contributed by atoms with Crippen LogP contribution in [0, 0.1) is 17.2 Å². The van der Waals surface area contributed by atoms with Gasteiger partial charge in [0.2, 0.25) is 5.91 Å². The normalized spacial score (nSPS) is 17.5. The Bertz CT molecular complexity index is 606. The first-order valence-electron chi connectivity index (χ1n) is 6.66. The van der Waals surface area contributed by atoms with Crippen LogP contribution in [-0.4, -0.2) is 37.0 Å². The van der Waals surface area contributed by atoms with Crippen molar-refractivity contribution in [3.05, 3.63) is 23.8 Å². The van der Waals surface area contributed by atoms with Gasteiger partial charge in [-0.05, 0) is 19.1 Å².